The lowest BCUT2D eigenvalue weighted by Crippen LogP contribution is -2.22. The Morgan fingerprint density at radius 3 is 2.53 bits per heavy atom. The summed E-state index contributed by atoms with van der Waals surface area (Å²) in [5.74, 6) is 0.154. The molecule has 1 aromatic carbocycles. The maximum absolute atomic E-state index is 11.1. The second-order valence-electron chi connectivity index (χ2n) is 5.20. The molecule has 0 amide bonds. The molecule has 1 N–H and O–H groups in total. The Bertz CT molecular complexity index is 465. The van der Waals surface area contributed by atoms with Crippen molar-refractivity contribution >= 4 is 11.8 Å². The molecule has 4 nitrogen and oxygen atoms in total. The van der Waals surface area contributed by atoms with Crippen molar-refractivity contribution in [2.75, 3.05) is 6.54 Å². The minimum Gasteiger partial charge on any atom is -0.311 e. The first-order valence-electron chi connectivity index (χ1n) is 6.60. The first kappa shape index (κ1) is 15.4. The summed E-state index contributed by atoms with van der Waals surface area (Å²) in [5, 5.41) is 14.3. The Balaban J connectivity index is 2.87. The minimum atomic E-state index is -0.307. The van der Waals surface area contributed by atoms with Crippen LogP contribution in [0.3, 0.4) is 0 Å². The standard InChI is InChI=1S/C15H22N2O2/c1-11(2)14-8-7-13(10-15(14)17(18)19)6-5-9-16-12(3)4/h5-8,10-12,16H,9H2,1-4H3. The zero-order chi connectivity index (χ0) is 14.4. The van der Waals surface area contributed by atoms with Crippen molar-refractivity contribution < 1.29 is 4.92 Å². The van der Waals surface area contributed by atoms with Gasteiger partial charge in [0.05, 0.1) is 4.92 Å². The van der Waals surface area contributed by atoms with Gasteiger partial charge in [-0.2, -0.15) is 0 Å². The van der Waals surface area contributed by atoms with Gasteiger partial charge in [-0.1, -0.05) is 52.0 Å². The Kier molecular flexibility index (Phi) is 5.70. The molecule has 0 aromatic heterocycles. The zero-order valence-electron chi connectivity index (χ0n) is 12.0. The molecule has 0 fully saturated rings. The minimum absolute atomic E-state index is 0.154. The van der Waals surface area contributed by atoms with Crippen molar-refractivity contribution in [1.29, 1.82) is 0 Å². The molecule has 0 aliphatic carbocycles. The fourth-order valence-corrected chi connectivity index (χ4v) is 1.81. The van der Waals surface area contributed by atoms with Crippen molar-refractivity contribution in [1.82, 2.24) is 5.32 Å². The van der Waals surface area contributed by atoms with Gasteiger partial charge in [0.2, 0.25) is 0 Å². The van der Waals surface area contributed by atoms with Crippen LogP contribution in [0.5, 0.6) is 0 Å². The highest BCUT2D eigenvalue weighted by atomic mass is 16.6. The summed E-state index contributed by atoms with van der Waals surface area (Å²) in [4.78, 5) is 10.8. The summed E-state index contributed by atoms with van der Waals surface area (Å²) < 4.78 is 0. The number of benzene rings is 1. The largest absolute Gasteiger partial charge is 0.311 e. The fourth-order valence-electron chi connectivity index (χ4n) is 1.81. The maximum atomic E-state index is 11.1. The van der Waals surface area contributed by atoms with Crippen LogP contribution >= 0.6 is 0 Å². The van der Waals surface area contributed by atoms with Crippen LogP contribution in [0.1, 0.15) is 44.7 Å². The summed E-state index contributed by atoms with van der Waals surface area (Å²) in [7, 11) is 0. The third-order valence-electron chi connectivity index (χ3n) is 2.83. The molecule has 104 valence electrons. The van der Waals surface area contributed by atoms with Crippen LogP contribution in [0.4, 0.5) is 5.69 Å². The summed E-state index contributed by atoms with van der Waals surface area (Å²) in [6.45, 7) is 8.85. The predicted molar refractivity (Wildman–Crippen MR) is 79.4 cm³/mol. The van der Waals surface area contributed by atoms with E-state index in [9.17, 15) is 10.1 Å². The molecule has 0 unspecified atom stereocenters. The monoisotopic (exact) mass is 262 g/mol. The van der Waals surface area contributed by atoms with Crippen molar-refractivity contribution in [3.8, 4) is 0 Å². The second-order valence-corrected chi connectivity index (χ2v) is 5.20. The molecule has 0 atom stereocenters. The molecule has 19 heavy (non-hydrogen) atoms. The van der Waals surface area contributed by atoms with E-state index in [0.717, 1.165) is 17.7 Å². The average Bonchev–Trinajstić information content (AvgIpc) is 2.33. The van der Waals surface area contributed by atoms with Gasteiger partial charge in [-0.25, -0.2) is 0 Å². The number of rotatable bonds is 6. The number of nitrogens with zero attached hydrogens (tertiary/aromatic N) is 1. The number of nitrogens with one attached hydrogen (secondary N) is 1. The van der Waals surface area contributed by atoms with E-state index in [1.54, 1.807) is 6.07 Å². The van der Waals surface area contributed by atoms with Crippen LogP contribution in [0, 0.1) is 10.1 Å². The molecule has 0 aliphatic rings. The molecule has 0 radical (unpaired) electrons. The molecular formula is C15H22N2O2. The van der Waals surface area contributed by atoms with E-state index >= 15 is 0 Å². The Labute approximate surface area is 114 Å². The van der Waals surface area contributed by atoms with Crippen LogP contribution in [0.25, 0.3) is 6.08 Å². The first-order chi connectivity index (χ1) is 8.91. The van der Waals surface area contributed by atoms with E-state index in [1.807, 2.05) is 38.1 Å². The quantitative estimate of drug-likeness (QED) is 0.627. The maximum Gasteiger partial charge on any atom is 0.273 e. The van der Waals surface area contributed by atoms with Gasteiger partial charge >= 0.3 is 0 Å². The summed E-state index contributed by atoms with van der Waals surface area (Å²) >= 11 is 0. The molecular weight excluding hydrogens is 240 g/mol. The molecule has 0 saturated carbocycles. The Hall–Kier alpha value is -1.68. The van der Waals surface area contributed by atoms with Gasteiger partial charge < -0.3 is 5.32 Å². The molecule has 0 heterocycles. The second kappa shape index (κ2) is 7.04. The topological polar surface area (TPSA) is 55.2 Å². The van der Waals surface area contributed by atoms with Crippen LogP contribution in [0.15, 0.2) is 24.3 Å². The van der Waals surface area contributed by atoms with Gasteiger partial charge in [-0.15, -0.1) is 0 Å². The molecule has 1 rings (SSSR count). The predicted octanol–water partition coefficient (Wildman–Crippen LogP) is 3.73. The van der Waals surface area contributed by atoms with E-state index in [4.69, 9.17) is 0 Å². The molecule has 0 saturated heterocycles. The summed E-state index contributed by atoms with van der Waals surface area (Å²) in [6, 6.07) is 5.84. The van der Waals surface area contributed by atoms with Gasteiger partial charge in [-0.3, -0.25) is 10.1 Å². The normalized spacial score (nSPS) is 11.7. The molecule has 4 heteroatoms. The van der Waals surface area contributed by atoms with Crippen molar-refractivity contribution in [3.63, 3.8) is 0 Å². The van der Waals surface area contributed by atoms with E-state index in [0.29, 0.717) is 6.04 Å². The van der Waals surface area contributed by atoms with Crippen LogP contribution in [0.2, 0.25) is 0 Å². The van der Waals surface area contributed by atoms with E-state index < -0.39 is 0 Å². The highest BCUT2D eigenvalue weighted by Gasteiger charge is 2.16. The van der Waals surface area contributed by atoms with E-state index in [2.05, 4.69) is 19.2 Å². The lowest BCUT2D eigenvalue weighted by Gasteiger charge is -2.07. The van der Waals surface area contributed by atoms with Gasteiger partial charge in [0, 0.05) is 24.2 Å². The Morgan fingerprint density at radius 2 is 2.00 bits per heavy atom. The third kappa shape index (κ3) is 4.83. The molecule has 0 bridgehead atoms. The number of hydrogen-bond acceptors (Lipinski definition) is 3. The van der Waals surface area contributed by atoms with Gasteiger partial charge in [-0.05, 0) is 11.5 Å². The zero-order valence-corrected chi connectivity index (χ0v) is 12.0. The van der Waals surface area contributed by atoms with Crippen molar-refractivity contribution in [2.24, 2.45) is 0 Å². The fraction of sp³-hybridized carbons (Fsp3) is 0.467. The lowest BCUT2D eigenvalue weighted by atomic mass is 9.99. The number of nitro benzene ring substituents is 1. The molecule has 0 spiro atoms. The van der Waals surface area contributed by atoms with Crippen LogP contribution < -0.4 is 5.32 Å². The van der Waals surface area contributed by atoms with E-state index in [1.165, 1.54) is 0 Å². The van der Waals surface area contributed by atoms with Crippen LogP contribution in [-0.4, -0.2) is 17.5 Å². The smallest absolute Gasteiger partial charge is 0.273 e. The Morgan fingerprint density at radius 1 is 1.32 bits per heavy atom. The third-order valence-corrected chi connectivity index (χ3v) is 2.83. The molecule has 0 aliphatic heterocycles. The average molecular weight is 262 g/mol. The van der Waals surface area contributed by atoms with Crippen molar-refractivity contribution in [2.45, 2.75) is 39.7 Å². The molecule has 1 aromatic rings. The van der Waals surface area contributed by atoms with E-state index in [-0.39, 0.29) is 16.5 Å². The number of hydrogen-bond donors (Lipinski definition) is 1. The summed E-state index contributed by atoms with van der Waals surface area (Å²) in [6.07, 6.45) is 3.89. The first-order valence-corrected chi connectivity index (χ1v) is 6.60. The summed E-state index contributed by atoms with van der Waals surface area (Å²) in [5.41, 5.74) is 1.85. The van der Waals surface area contributed by atoms with Crippen LogP contribution in [-0.2, 0) is 0 Å². The highest BCUT2D eigenvalue weighted by molar-refractivity contribution is 5.57. The van der Waals surface area contributed by atoms with Gasteiger partial charge in [0.15, 0.2) is 0 Å². The van der Waals surface area contributed by atoms with Gasteiger partial charge in [0.25, 0.3) is 5.69 Å². The van der Waals surface area contributed by atoms with Gasteiger partial charge in [0.1, 0.15) is 0 Å². The SMILES string of the molecule is CC(C)NCC=Cc1ccc(C(C)C)c([N+](=O)[O-])c1. The number of nitro groups is 1. The lowest BCUT2D eigenvalue weighted by molar-refractivity contribution is -0.385. The van der Waals surface area contributed by atoms with Crippen molar-refractivity contribution in [3.05, 3.63) is 45.5 Å². The highest BCUT2D eigenvalue weighted by Crippen LogP contribution is 2.27.